The number of benzene rings is 1. The third-order valence-electron chi connectivity index (χ3n) is 5.17. The molecule has 1 unspecified atom stereocenters. The standard InChI is InChI=1S/C17H21Cl3N2O/c18-13-7-14(19)17(15(20)8-13)21-16(23)10-22-6-5-11-3-1-2-4-12(11)9-22/h7-8,11-12H,1-6,9-10H2,(H,21,23)/p+1/t11-,12+/m0/s1. The van der Waals surface area contributed by atoms with Crippen LogP contribution in [0.1, 0.15) is 32.1 Å². The van der Waals surface area contributed by atoms with Gasteiger partial charge in [0.05, 0.1) is 28.8 Å². The molecule has 0 bridgehead atoms. The van der Waals surface area contributed by atoms with Crippen LogP contribution in [0.4, 0.5) is 5.69 Å². The maximum absolute atomic E-state index is 12.3. The molecule has 3 atom stereocenters. The van der Waals surface area contributed by atoms with Crippen LogP contribution >= 0.6 is 34.8 Å². The molecule has 3 rings (SSSR count). The highest BCUT2D eigenvalue weighted by Crippen LogP contribution is 2.34. The van der Waals surface area contributed by atoms with Crippen LogP contribution in [0.5, 0.6) is 0 Å². The van der Waals surface area contributed by atoms with Crippen molar-refractivity contribution in [2.75, 3.05) is 25.0 Å². The van der Waals surface area contributed by atoms with Crippen LogP contribution in [-0.4, -0.2) is 25.5 Å². The minimum absolute atomic E-state index is 0.0413. The molecule has 2 aliphatic rings. The van der Waals surface area contributed by atoms with Crippen molar-refractivity contribution in [3.8, 4) is 0 Å². The minimum atomic E-state index is -0.0413. The molecule has 0 radical (unpaired) electrons. The van der Waals surface area contributed by atoms with Crippen molar-refractivity contribution < 1.29 is 9.69 Å². The van der Waals surface area contributed by atoms with Crippen LogP contribution in [0.2, 0.25) is 15.1 Å². The summed E-state index contributed by atoms with van der Waals surface area (Å²) in [5, 5.41) is 4.05. The summed E-state index contributed by atoms with van der Waals surface area (Å²) < 4.78 is 0. The van der Waals surface area contributed by atoms with E-state index in [0.717, 1.165) is 24.9 Å². The fraction of sp³-hybridized carbons (Fsp3) is 0.588. The predicted molar refractivity (Wildman–Crippen MR) is 95.7 cm³/mol. The molecule has 0 spiro atoms. The Morgan fingerprint density at radius 1 is 1.09 bits per heavy atom. The third-order valence-corrected chi connectivity index (χ3v) is 5.98. The lowest BCUT2D eigenvalue weighted by atomic mass is 9.75. The van der Waals surface area contributed by atoms with Crippen LogP contribution < -0.4 is 10.2 Å². The molecule has 6 heteroatoms. The first-order valence-corrected chi connectivity index (χ1v) is 9.44. The van der Waals surface area contributed by atoms with Gasteiger partial charge >= 0.3 is 0 Å². The summed E-state index contributed by atoms with van der Waals surface area (Å²) in [6, 6.07) is 3.18. The lowest BCUT2D eigenvalue weighted by Gasteiger charge is -2.38. The van der Waals surface area contributed by atoms with E-state index in [1.165, 1.54) is 37.0 Å². The van der Waals surface area contributed by atoms with Crippen molar-refractivity contribution in [3.05, 3.63) is 27.2 Å². The summed E-state index contributed by atoms with van der Waals surface area (Å²) in [6.45, 7) is 2.66. The van der Waals surface area contributed by atoms with E-state index in [2.05, 4.69) is 5.32 Å². The van der Waals surface area contributed by atoms with Crippen molar-refractivity contribution in [3.63, 3.8) is 0 Å². The number of amides is 1. The molecule has 0 aromatic heterocycles. The number of halogens is 3. The number of hydrogen-bond acceptors (Lipinski definition) is 1. The van der Waals surface area contributed by atoms with E-state index in [1.54, 1.807) is 12.1 Å². The Morgan fingerprint density at radius 2 is 1.74 bits per heavy atom. The lowest BCUT2D eigenvalue weighted by Crippen LogP contribution is -3.15. The highest BCUT2D eigenvalue weighted by Gasteiger charge is 2.34. The van der Waals surface area contributed by atoms with Crippen LogP contribution in [-0.2, 0) is 4.79 Å². The molecular formula is C17H22Cl3N2O+. The summed E-state index contributed by atoms with van der Waals surface area (Å²) in [7, 11) is 0. The molecule has 1 saturated carbocycles. The summed E-state index contributed by atoms with van der Waals surface area (Å²) in [5.41, 5.74) is 0.453. The molecule has 23 heavy (non-hydrogen) atoms. The van der Waals surface area contributed by atoms with Gasteiger partial charge in [0.1, 0.15) is 0 Å². The Bertz CT molecular complexity index is 570. The minimum Gasteiger partial charge on any atom is -0.327 e. The number of quaternary nitrogens is 1. The number of nitrogens with one attached hydrogen (secondary N) is 2. The zero-order valence-electron chi connectivity index (χ0n) is 13.0. The molecular weight excluding hydrogens is 355 g/mol. The van der Waals surface area contributed by atoms with Crippen LogP contribution in [0.25, 0.3) is 0 Å². The van der Waals surface area contributed by atoms with Gasteiger partial charge in [-0.05, 0) is 37.3 Å². The van der Waals surface area contributed by atoms with E-state index >= 15 is 0 Å². The van der Waals surface area contributed by atoms with Crippen molar-refractivity contribution in [1.29, 1.82) is 0 Å². The molecule has 1 aliphatic carbocycles. The molecule has 1 amide bonds. The van der Waals surface area contributed by atoms with E-state index in [4.69, 9.17) is 34.8 Å². The first-order chi connectivity index (χ1) is 11.0. The lowest BCUT2D eigenvalue weighted by molar-refractivity contribution is -0.902. The van der Waals surface area contributed by atoms with Gasteiger partial charge in [0.15, 0.2) is 6.54 Å². The summed E-state index contributed by atoms with van der Waals surface area (Å²) in [6.07, 6.45) is 6.67. The number of carbonyl (C=O) groups is 1. The monoisotopic (exact) mass is 375 g/mol. The highest BCUT2D eigenvalue weighted by molar-refractivity contribution is 6.42. The number of likely N-dealkylation sites (tertiary alicyclic amines) is 1. The summed E-state index contributed by atoms with van der Waals surface area (Å²) >= 11 is 18.1. The van der Waals surface area contributed by atoms with Crippen LogP contribution in [0, 0.1) is 11.8 Å². The molecule has 3 nitrogen and oxygen atoms in total. The number of carbonyl (C=O) groups excluding carboxylic acids is 1. The van der Waals surface area contributed by atoms with Crippen molar-refractivity contribution in [2.45, 2.75) is 32.1 Å². The largest absolute Gasteiger partial charge is 0.327 e. The number of fused-ring (bicyclic) bond motifs is 1. The predicted octanol–water partition coefficient (Wildman–Crippen LogP) is 3.68. The first-order valence-electron chi connectivity index (χ1n) is 8.31. The van der Waals surface area contributed by atoms with Crippen molar-refractivity contribution in [1.82, 2.24) is 0 Å². The Labute approximate surface area is 152 Å². The second kappa shape index (κ2) is 7.60. The average Bonchev–Trinajstić information content (AvgIpc) is 2.51. The second-order valence-electron chi connectivity index (χ2n) is 6.77. The number of anilines is 1. The number of hydrogen-bond donors (Lipinski definition) is 2. The first kappa shape index (κ1) is 17.3. The SMILES string of the molecule is O=C(C[NH+]1CC[C@@H]2CCCC[C@@H]2C1)Nc1c(Cl)cc(Cl)cc1Cl. The van der Waals surface area contributed by atoms with Gasteiger partial charge in [0.25, 0.3) is 5.91 Å². The molecule has 2 N–H and O–H groups in total. The molecule has 1 aromatic rings. The fourth-order valence-electron chi connectivity index (χ4n) is 4.03. The summed E-state index contributed by atoms with van der Waals surface area (Å²) in [4.78, 5) is 13.7. The topological polar surface area (TPSA) is 33.5 Å². The van der Waals surface area contributed by atoms with E-state index in [1.807, 2.05) is 0 Å². The van der Waals surface area contributed by atoms with Gasteiger partial charge in [-0.2, -0.15) is 0 Å². The van der Waals surface area contributed by atoms with Gasteiger partial charge in [0, 0.05) is 10.9 Å². The van der Waals surface area contributed by atoms with Crippen LogP contribution in [0.15, 0.2) is 12.1 Å². The quantitative estimate of drug-likeness (QED) is 0.829. The number of rotatable bonds is 3. The number of piperidine rings is 1. The Kier molecular flexibility index (Phi) is 5.74. The highest BCUT2D eigenvalue weighted by atomic mass is 35.5. The maximum Gasteiger partial charge on any atom is 0.279 e. The van der Waals surface area contributed by atoms with E-state index in [0.29, 0.717) is 27.3 Å². The van der Waals surface area contributed by atoms with E-state index in [9.17, 15) is 4.79 Å². The normalized spacial score (nSPS) is 27.3. The van der Waals surface area contributed by atoms with Gasteiger partial charge in [-0.25, -0.2) is 0 Å². The molecule has 1 aliphatic heterocycles. The van der Waals surface area contributed by atoms with E-state index in [-0.39, 0.29) is 5.91 Å². The van der Waals surface area contributed by atoms with Crippen molar-refractivity contribution in [2.24, 2.45) is 11.8 Å². The molecule has 1 heterocycles. The van der Waals surface area contributed by atoms with Gasteiger partial charge in [-0.3, -0.25) is 4.79 Å². The smallest absolute Gasteiger partial charge is 0.279 e. The van der Waals surface area contributed by atoms with Crippen molar-refractivity contribution >= 4 is 46.4 Å². The van der Waals surface area contributed by atoms with E-state index < -0.39 is 0 Å². The zero-order valence-corrected chi connectivity index (χ0v) is 15.3. The average molecular weight is 377 g/mol. The van der Waals surface area contributed by atoms with Gasteiger partial charge in [0.2, 0.25) is 0 Å². The molecule has 2 fully saturated rings. The Hall–Kier alpha value is -0.480. The van der Waals surface area contributed by atoms with Gasteiger partial charge < -0.3 is 10.2 Å². The molecule has 1 aromatic carbocycles. The van der Waals surface area contributed by atoms with Gasteiger partial charge in [-0.15, -0.1) is 0 Å². The van der Waals surface area contributed by atoms with Crippen LogP contribution in [0.3, 0.4) is 0 Å². The fourth-order valence-corrected chi connectivity index (χ4v) is 4.94. The Morgan fingerprint density at radius 3 is 2.43 bits per heavy atom. The molecule has 126 valence electrons. The summed E-state index contributed by atoms with van der Waals surface area (Å²) in [5.74, 6) is 1.64. The van der Waals surface area contributed by atoms with Gasteiger partial charge in [-0.1, -0.05) is 47.6 Å². The third kappa shape index (κ3) is 4.33. The Balaban J connectivity index is 1.57. The molecule has 1 saturated heterocycles. The second-order valence-corrected chi connectivity index (χ2v) is 8.02. The zero-order chi connectivity index (χ0) is 16.4. The maximum atomic E-state index is 12.3.